The van der Waals surface area contributed by atoms with Crippen LogP contribution in [0.1, 0.15) is 65.8 Å². The van der Waals surface area contributed by atoms with Crippen molar-refractivity contribution in [3.05, 3.63) is 82.6 Å². The highest BCUT2D eigenvalue weighted by atomic mass is 16.4. The van der Waals surface area contributed by atoms with E-state index >= 15 is 0 Å². The number of hydrogen-bond donors (Lipinski definition) is 2. The van der Waals surface area contributed by atoms with Crippen LogP contribution in [-0.2, 0) is 15.0 Å². The largest absolute Gasteiger partial charge is 0.478 e. The number of furan rings is 1. The molecule has 0 atom stereocenters. The molecular weight excluding hydrogens is 520 g/mol. The van der Waals surface area contributed by atoms with Crippen LogP contribution in [0, 0.1) is 24.7 Å². The summed E-state index contributed by atoms with van der Waals surface area (Å²) in [5.74, 6) is 0.466. The number of carboxylic acids is 1. The number of benzene rings is 2. The average molecular weight is 551 g/mol. The van der Waals surface area contributed by atoms with Crippen LogP contribution in [0.25, 0.3) is 17.4 Å². The molecule has 8 rings (SSSR count). The molecule has 5 aliphatic rings. The standard InChI is InChI=1S/C33H30N2O6/c1-18-25(3-2-4-26(18)31(38)39)28-10-9-24(41-28)14-27-29(36)34-32(40)35(30(27)37)23-7-5-22(6-8-23)33-15-19-11-20(16-33)13-21(12-19)17-33/h2-10,14,19-21H,11-13,15-17H2,1H3,(H,38,39)(H,34,36,40)/b27-14+. The number of rotatable bonds is 5. The highest BCUT2D eigenvalue weighted by Crippen LogP contribution is 2.60. The lowest BCUT2D eigenvalue weighted by molar-refractivity contribution is -0.122. The molecule has 0 spiro atoms. The van der Waals surface area contributed by atoms with E-state index in [4.69, 9.17) is 4.42 Å². The molecule has 5 fully saturated rings. The number of imide groups is 2. The van der Waals surface area contributed by atoms with Crippen LogP contribution in [0.4, 0.5) is 10.5 Å². The molecule has 2 heterocycles. The topological polar surface area (TPSA) is 117 Å². The van der Waals surface area contributed by atoms with Crippen molar-refractivity contribution in [3.8, 4) is 11.3 Å². The van der Waals surface area contributed by atoms with Gasteiger partial charge in [0.05, 0.1) is 11.3 Å². The molecule has 1 aliphatic heterocycles. The number of hydrogen-bond acceptors (Lipinski definition) is 5. The Bertz CT molecular complexity index is 1610. The fourth-order valence-corrected chi connectivity index (χ4v) is 8.17. The number of aromatic carboxylic acids is 1. The van der Waals surface area contributed by atoms with Gasteiger partial charge in [-0.2, -0.15) is 0 Å². The predicted molar refractivity (Wildman–Crippen MR) is 151 cm³/mol. The molecule has 8 nitrogen and oxygen atoms in total. The van der Waals surface area contributed by atoms with Crippen LogP contribution in [0.5, 0.6) is 0 Å². The molecule has 0 radical (unpaired) electrons. The first kappa shape index (κ1) is 25.5. The molecule has 1 aromatic heterocycles. The number of carbonyl (C=O) groups excluding carboxylic acids is 3. The number of barbiturate groups is 1. The summed E-state index contributed by atoms with van der Waals surface area (Å²) in [5, 5.41) is 11.7. The maximum absolute atomic E-state index is 13.5. The van der Waals surface area contributed by atoms with Gasteiger partial charge in [0.15, 0.2) is 0 Å². The maximum atomic E-state index is 13.5. The lowest BCUT2D eigenvalue weighted by Crippen LogP contribution is -2.54. The number of nitrogens with one attached hydrogen (secondary N) is 1. The third-order valence-corrected chi connectivity index (χ3v) is 9.62. The minimum absolute atomic E-state index is 0.156. The first-order valence-corrected chi connectivity index (χ1v) is 14.2. The Kier molecular flexibility index (Phi) is 5.78. The zero-order chi connectivity index (χ0) is 28.5. The number of amides is 4. The van der Waals surface area contributed by atoms with Crippen molar-refractivity contribution in [1.82, 2.24) is 5.32 Å². The van der Waals surface area contributed by atoms with Crippen molar-refractivity contribution < 1.29 is 28.7 Å². The van der Waals surface area contributed by atoms with Crippen LogP contribution in [0.15, 0.2) is 64.6 Å². The van der Waals surface area contributed by atoms with Crippen molar-refractivity contribution in [2.75, 3.05) is 4.90 Å². The van der Waals surface area contributed by atoms with E-state index in [1.165, 1.54) is 56.2 Å². The summed E-state index contributed by atoms with van der Waals surface area (Å²) in [4.78, 5) is 51.5. The van der Waals surface area contributed by atoms with Gasteiger partial charge in [-0.25, -0.2) is 14.5 Å². The van der Waals surface area contributed by atoms with Crippen molar-refractivity contribution in [3.63, 3.8) is 0 Å². The minimum Gasteiger partial charge on any atom is -0.478 e. The van der Waals surface area contributed by atoms with Crippen LogP contribution < -0.4 is 10.2 Å². The van der Waals surface area contributed by atoms with E-state index in [9.17, 15) is 24.3 Å². The smallest absolute Gasteiger partial charge is 0.335 e. The van der Waals surface area contributed by atoms with E-state index in [-0.39, 0.29) is 22.3 Å². The van der Waals surface area contributed by atoms with E-state index in [2.05, 4.69) is 17.4 Å². The molecule has 4 aliphatic carbocycles. The molecule has 4 bridgehead atoms. The molecule has 4 saturated carbocycles. The third-order valence-electron chi connectivity index (χ3n) is 9.62. The normalized spacial score (nSPS) is 27.9. The molecule has 1 saturated heterocycles. The summed E-state index contributed by atoms with van der Waals surface area (Å²) < 4.78 is 5.88. The van der Waals surface area contributed by atoms with E-state index in [1.807, 2.05) is 12.1 Å². The first-order valence-electron chi connectivity index (χ1n) is 14.2. The fourth-order valence-electron chi connectivity index (χ4n) is 8.17. The second kappa shape index (κ2) is 9.29. The molecule has 4 amide bonds. The number of urea groups is 1. The summed E-state index contributed by atoms with van der Waals surface area (Å²) in [7, 11) is 0. The van der Waals surface area contributed by atoms with Crippen molar-refractivity contribution in [2.45, 2.75) is 50.9 Å². The average Bonchev–Trinajstić information content (AvgIpc) is 3.39. The SMILES string of the molecule is Cc1c(C(=O)O)cccc1-c1ccc(/C=C2\C(=O)NC(=O)N(c3ccc(C45CC6CC(CC(C6)C4)C5)cc3)C2=O)o1. The highest BCUT2D eigenvalue weighted by Gasteiger charge is 2.51. The van der Waals surface area contributed by atoms with Gasteiger partial charge in [0.25, 0.3) is 11.8 Å². The van der Waals surface area contributed by atoms with Gasteiger partial charge in [0.1, 0.15) is 17.1 Å². The first-order chi connectivity index (χ1) is 19.7. The second-order valence-corrected chi connectivity index (χ2v) is 12.2. The molecule has 208 valence electrons. The lowest BCUT2D eigenvalue weighted by Gasteiger charge is -2.57. The van der Waals surface area contributed by atoms with Crippen molar-refractivity contribution in [1.29, 1.82) is 0 Å². The second-order valence-electron chi connectivity index (χ2n) is 12.2. The molecule has 41 heavy (non-hydrogen) atoms. The van der Waals surface area contributed by atoms with Gasteiger partial charge in [-0.05, 0) is 116 Å². The molecule has 8 heteroatoms. The summed E-state index contributed by atoms with van der Waals surface area (Å²) in [6.45, 7) is 1.69. The van der Waals surface area contributed by atoms with Gasteiger partial charge in [-0.15, -0.1) is 0 Å². The Hall–Kier alpha value is -4.46. The van der Waals surface area contributed by atoms with Gasteiger partial charge in [0.2, 0.25) is 0 Å². The summed E-state index contributed by atoms with van der Waals surface area (Å²) in [5.41, 5.74) is 2.93. The van der Waals surface area contributed by atoms with Crippen molar-refractivity contribution >= 4 is 35.6 Å². The summed E-state index contributed by atoms with van der Waals surface area (Å²) in [6.07, 6.45) is 9.02. The molecular formula is C33H30N2O6. The number of anilines is 1. The monoisotopic (exact) mass is 550 g/mol. The minimum atomic E-state index is -1.04. The zero-order valence-electron chi connectivity index (χ0n) is 22.7. The Morgan fingerprint density at radius 2 is 1.61 bits per heavy atom. The van der Waals surface area contributed by atoms with E-state index < -0.39 is 23.8 Å². The Morgan fingerprint density at radius 1 is 0.951 bits per heavy atom. The van der Waals surface area contributed by atoms with E-state index in [0.29, 0.717) is 22.6 Å². The maximum Gasteiger partial charge on any atom is 0.335 e. The molecule has 2 aromatic carbocycles. The number of nitrogens with zero attached hydrogens (tertiary/aromatic N) is 1. The Balaban J connectivity index is 1.16. The van der Waals surface area contributed by atoms with Gasteiger partial charge < -0.3 is 9.52 Å². The molecule has 2 N–H and O–H groups in total. The fraction of sp³-hybridized carbons (Fsp3) is 0.333. The van der Waals surface area contributed by atoms with Gasteiger partial charge >= 0.3 is 12.0 Å². The number of carboxylic acid groups (broad SMARTS) is 1. The summed E-state index contributed by atoms with van der Waals surface area (Å²) >= 11 is 0. The summed E-state index contributed by atoms with van der Waals surface area (Å²) in [6, 6.07) is 15.1. The van der Waals surface area contributed by atoms with E-state index in [1.54, 1.807) is 31.2 Å². The number of carbonyl (C=O) groups is 4. The predicted octanol–water partition coefficient (Wildman–Crippen LogP) is 6.09. The van der Waals surface area contributed by atoms with Gasteiger partial charge in [0, 0.05) is 5.56 Å². The quantitative estimate of drug-likeness (QED) is 0.293. The van der Waals surface area contributed by atoms with Gasteiger partial charge in [-0.1, -0.05) is 24.3 Å². The molecule has 0 unspecified atom stereocenters. The van der Waals surface area contributed by atoms with E-state index in [0.717, 1.165) is 22.7 Å². The van der Waals surface area contributed by atoms with Crippen LogP contribution >= 0.6 is 0 Å². The highest BCUT2D eigenvalue weighted by molar-refractivity contribution is 6.39. The van der Waals surface area contributed by atoms with Crippen LogP contribution in [-0.4, -0.2) is 28.9 Å². The molecule has 3 aromatic rings. The zero-order valence-corrected chi connectivity index (χ0v) is 22.7. The van der Waals surface area contributed by atoms with Crippen molar-refractivity contribution in [2.24, 2.45) is 17.8 Å². The Labute approximate surface area is 237 Å². The lowest BCUT2D eigenvalue weighted by atomic mass is 9.48. The van der Waals surface area contributed by atoms with Crippen LogP contribution in [0.3, 0.4) is 0 Å². The van der Waals surface area contributed by atoms with Gasteiger partial charge in [-0.3, -0.25) is 14.9 Å². The third kappa shape index (κ3) is 4.20. The van der Waals surface area contributed by atoms with Crippen LogP contribution in [0.2, 0.25) is 0 Å². The Morgan fingerprint density at radius 3 is 2.24 bits per heavy atom.